The van der Waals surface area contributed by atoms with Gasteiger partial charge in [-0.15, -0.1) is 24.8 Å². The highest BCUT2D eigenvalue weighted by molar-refractivity contribution is 7.13. The summed E-state index contributed by atoms with van der Waals surface area (Å²) < 4.78 is 13.4. The highest BCUT2D eigenvalue weighted by Crippen LogP contribution is 2.36. The van der Waals surface area contributed by atoms with Gasteiger partial charge in [-0.3, -0.25) is 4.79 Å². The molecule has 0 bridgehead atoms. The number of nitrogens with one attached hydrogen (secondary N) is 1. The Kier molecular flexibility index (Phi) is 11.9. The maximum Gasteiger partial charge on any atom is 0.225 e. The van der Waals surface area contributed by atoms with E-state index in [1.807, 2.05) is 53.2 Å². The minimum Gasteiger partial charge on any atom is -0.455 e. The maximum absolute atomic E-state index is 10.3. The Labute approximate surface area is 252 Å². The van der Waals surface area contributed by atoms with E-state index in [4.69, 9.17) is 32.9 Å². The Balaban J connectivity index is 0.000000495. The van der Waals surface area contributed by atoms with Crippen molar-refractivity contribution in [2.75, 3.05) is 18.5 Å². The average Bonchev–Trinajstić information content (AvgIpc) is 3.55. The van der Waals surface area contributed by atoms with Crippen LogP contribution in [0.3, 0.4) is 0 Å². The number of nitrogens with two attached hydrogens (primary N) is 2. The molecular weight excluding hydrogens is 597 g/mol. The molecule has 6 N–H and O–H groups in total. The van der Waals surface area contributed by atoms with Gasteiger partial charge in [0.1, 0.15) is 23.3 Å². The van der Waals surface area contributed by atoms with Gasteiger partial charge in [0.15, 0.2) is 5.82 Å². The summed E-state index contributed by atoms with van der Waals surface area (Å²) in [6.07, 6.45) is 5.29. The van der Waals surface area contributed by atoms with E-state index in [1.165, 1.54) is 17.9 Å². The molecule has 14 heteroatoms. The van der Waals surface area contributed by atoms with Crippen molar-refractivity contribution in [1.82, 2.24) is 18.9 Å². The molecule has 0 fully saturated rings. The first-order chi connectivity index (χ1) is 18.2. The molecule has 0 unspecified atom stereocenters. The van der Waals surface area contributed by atoms with Crippen molar-refractivity contribution in [3.8, 4) is 11.5 Å². The number of halogens is 3. The first kappa shape index (κ1) is 33.0. The summed E-state index contributed by atoms with van der Waals surface area (Å²) in [4.78, 5) is 19.0. The van der Waals surface area contributed by atoms with E-state index in [9.17, 15) is 4.79 Å². The molecule has 5 aromatic rings. The van der Waals surface area contributed by atoms with Crippen LogP contribution in [0.2, 0.25) is 5.02 Å². The number of nitrogens with zero attached hydrogens (tertiary/aromatic N) is 4. The van der Waals surface area contributed by atoms with Gasteiger partial charge in [0.25, 0.3) is 0 Å². The van der Waals surface area contributed by atoms with Crippen molar-refractivity contribution in [1.29, 1.82) is 0 Å². The normalized spacial score (nSPS) is 10.7. The van der Waals surface area contributed by atoms with Gasteiger partial charge in [-0.2, -0.15) is 4.37 Å². The van der Waals surface area contributed by atoms with Crippen LogP contribution >= 0.6 is 47.9 Å². The van der Waals surface area contributed by atoms with E-state index in [0.717, 1.165) is 32.6 Å². The summed E-state index contributed by atoms with van der Waals surface area (Å²) in [6, 6.07) is 13.4. The van der Waals surface area contributed by atoms with Crippen LogP contribution in [0, 0.1) is 5.41 Å². The third-order valence-corrected chi connectivity index (χ3v) is 6.81. The van der Waals surface area contributed by atoms with Gasteiger partial charge in [-0.25, -0.2) is 9.97 Å². The number of anilines is 2. The number of carbonyl (C=O) groups is 1. The quantitative estimate of drug-likeness (QED) is 0.175. The van der Waals surface area contributed by atoms with Crippen LogP contribution in [-0.4, -0.2) is 43.1 Å². The van der Waals surface area contributed by atoms with Gasteiger partial charge in [-0.05, 0) is 61.8 Å². The number of primary amides is 1. The molecule has 214 valence electrons. The summed E-state index contributed by atoms with van der Waals surface area (Å²) >= 11 is 7.95. The molecule has 0 aliphatic rings. The van der Waals surface area contributed by atoms with Gasteiger partial charge in [0.2, 0.25) is 5.91 Å². The molecule has 3 aromatic heterocycles. The van der Waals surface area contributed by atoms with E-state index in [-0.39, 0.29) is 31.4 Å². The van der Waals surface area contributed by atoms with Crippen molar-refractivity contribution in [2.45, 2.75) is 20.4 Å². The first-order valence-electron chi connectivity index (χ1n) is 11.7. The predicted molar refractivity (Wildman–Crippen MR) is 166 cm³/mol. The molecule has 0 radical (unpaired) electrons. The van der Waals surface area contributed by atoms with Gasteiger partial charge in [0.05, 0.1) is 38.8 Å². The van der Waals surface area contributed by atoms with Gasteiger partial charge >= 0.3 is 0 Å². The second-order valence-corrected chi connectivity index (χ2v) is 10.3. The van der Waals surface area contributed by atoms with Crippen LogP contribution in [0.1, 0.15) is 13.8 Å². The summed E-state index contributed by atoms with van der Waals surface area (Å²) in [6.45, 7) is 4.21. The molecule has 0 spiro atoms. The van der Waals surface area contributed by atoms with Crippen LogP contribution in [-0.2, 0) is 11.3 Å². The first-order valence-corrected chi connectivity index (χ1v) is 12.9. The van der Waals surface area contributed by atoms with Crippen molar-refractivity contribution in [3.63, 3.8) is 0 Å². The highest BCUT2D eigenvalue weighted by Gasteiger charge is 2.22. The SMILES string of the molecule is CC(C)(CO)C(N)=O.Cl.Cl.NCCn1ccc2ncnc(Nc3ccc(Oc4cccc5sncc45)c(Cl)c3)c21. The Morgan fingerprint density at radius 1 is 1.18 bits per heavy atom. The number of ether oxygens (including phenoxy) is 1. The second kappa shape index (κ2) is 14.4. The number of rotatable bonds is 8. The third kappa shape index (κ3) is 7.51. The smallest absolute Gasteiger partial charge is 0.225 e. The number of fused-ring (bicyclic) bond motifs is 2. The molecule has 1 amide bonds. The van der Waals surface area contributed by atoms with Crippen LogP contribution in [0.4, 0.5) is 11.5 Å². The number of hydrogen-bond acceptors (Lipinski definition) is 9. The lowest BCUT2D eigenvalue weighted by Gasteiger charge is -2.15. The van der Waals surface area contributed by atoms with E-state index < -0.39 is 11.3 Å². The number of aliphatic hydroxyl groups excluding tert-OH is 1. The molecule has 0 saturated heterocycles. The molecule has 0 aliphatic heterocycles. The van der Waals surface area contributed by atoms with Crippen LogP contribution < -0.4 is 21.5 Å². The van der Waals surface area contributed by atoms with Gasteiger partial charge in [-0.1, -0.05) is 17.7 Å². The zero-order chi connectivity index (χ0) is 27.3. The lowest BCUT2D eigenvalue weighted by Crippen LogP contribution is -2.34. The molecule has 0 saturated carbocycles. The minimum atomic E-state index is -0.764. The lowest BCUT2D eigenvalue weighted by molar-refractivity contribution is -0.127. The van der Waals surface area contributed by atoms with Crippen LogP contribution in [0.15, 0.2) is 61.2 Å². The molecule has 0 atom stereocenters. The molecule has 5 rings (SSSR count). The van der Waals surface area contributed by atoms with E-state index in [0.29, 0.717) is 29.7 Å². The minimum absolute atomic E-state index is 0. The van der Waals surface area contributed by atoms with Crippen LogP contribution in [0.25, 0.3) is 21.1 Å². The molecule has 10 nitrogen and oxygen atoms in total. The van der Waals surface area contributed by atoms with Crippen molar-refractivity contribution in [2.24, 2.45) is 16.9 Å². The highest BCUT2D eigenvalue weighted by atomic mass is 35.5. The Morgan fingerprint density at radius 2 is 1.95 bits per heavy atom. The Morgan fingerprint density at radius 3 is 2.60 bits per heavy atom. The topological polar surface area (TPSA) is 154 Å². The average molecular weight is 627 g/mol. The Hall–Kier alpha value is -3.19. The zero-order valence-electron chi connectivity index (χ0n) is 21.7. The fourth-order valence-corrected chi connectivity index (χ4v) is 4.28. The van der Waals surface area contributed by atoms with Crippen LogP contribution in [0.5, 0.6) is 11.5 Å². The molecule has 0 aliphatic carbocycles. The summed E-state index contributed by atoms with van der Waals surface area (Å²) in [5, 5.41) is 13.2. The summed E-state index contributed by atoms with van der Waals surface area (Å²) in [5.41, 5.74) is 12.4. The van der Waals surface area contributed by atoms with E-state index in [2.05, 4.69) is 19.7 Å². The van der Waals surface area contributed by atoms with Gasteiger partial charge < -0.3 is 31.2 Å². The van der Waals surface area contributed by atoms with Crippen molar-refractivity contribution >= 4 is 86.5 Å². The zero-order valence-corrected chi connectivity index (χ0v) is 24.9. The second-order valence-electron chi connectivity index (χ2n) is 9.03. The third-order valence-electron chi connectivity index (χ3n) is 5.76. The van der Waals surface area contributed by atoms with E-state index >= 15 is 0 Å². The predicted octanol–water partition coefficient (Wildman–Crippen LogP) is 5.52. The number of aliphatic hydroxyl groups is 1. The summed E-state index contributed by atoms with van der Waals surface area (Å²) in [5.74, 6) is 1.51. The van der Waals surface area contributed by atoms with Gasteiger partial charge in [0, 0.05) is 25.0 Å². The molecule has 3 heterocycles. The largest absolute Gasteiger partial charge is 0.455 e. The summed E-state index contributed by atoms with van der Waals surface area (Å²) in [7, 11) is 0. The maximum atomic E-state index is 10.3. The monoisotopic (exact) mass is 625 g/mol. The lowest BCUT2D eigenvalue weighted by atomic mass is 9.94. The fourth-order valence-electron chi connectivity index (χ4n) is 3.40. The molecular formula is C26H30Cl3N7O3S. The Bertz CT molecular complexity index is 1580. The number of amides is 1. The number of hydrogen-bond donors (Lipinski definition) is 4. The van der Waals surface area contributed by atoms with Crippen molar-refractivity contribution in [3.05, 3.63) is 66.2 Å². The van der Waals surface area contributed by atoms with Crippen molar-refractivity contribution < 1.29 is 14.6 Å². The molecule has 2 aromatic carbocycles. The number of aromatic nitrogens is 4. The van der Waals surface area contributed by atoms with E-state index in [1.54, 1.807) is 20.0 Å². The molecule has 40 heavy (non-hydrogen) atoms. The number of carbonyl (C=O) groups excluding carboxylic acids is 1. The number of benzene rings is 2. The standard InChI is InChI=1S/C21H17ClN6OS.C5H11NO2.2ClH/c22-15-10-13(27-21-20-16(24-12-25-21)6-8-28(20)9-7-23)4-5-18(15)29-17-2-1-3-19-14(17)11-26-30-19;1-5(2,3-7)4(6)8;;/h1-6,8,10-12H,7,9,23H2,(H,24,25,27);7H,3H2,1-2H3,(H2,6,8);2*1H. The fraction of sp³-hybridized carbons (Fsp3) is 0.231.